The molecule has 4 heteroatoms. The normalized spacial score (nSPS) is 14.9. The number of carbonyl (C=O) groups is 1. The van der Waals surface area contributed by atoms with E-state index in [0.29, 0.717) is 23.6 Å². The number of benzene rings is 1. The Morgan fingerprint density at radius 1 is 1.50 bits per heavy atom. The second-order valence-corrected chi connectivity index (χ2v) is 4.49. The minimum atomic E-state index is -0.273. The SMILES string of the molecule is O=C(NCCc1cc(Cl)ccc1F)C1CC1. The van der Waals surface area contributed by atoms with Crippen molar-refractivity contribution >= 4 is 17.5 Å². The molecule has 1 aliphatic carbocycles. The number of nitrogens with one attached hydrogen (secondary N) is 1. The van der Waals surface area contributed by atoms with Crippen molar-refractivity contribution in [1.29, 1.82) is 0 Å². The Bertz CT molecular complexity index is 404. The Labute approximate surface area is 98.8 Å². The third-order valence-electron chi connectivity index (χ3n) is 2.65. The first kappa shape index (κ1) is 11.4. The van der Waals surface area contributed by atoms with Crippen LogP contribution in [0.15, 0.2) is 18.2 Å². The van der Waals surface area contributed by atoms with Gasteiger partial charge in [-0.3, -0.25) is 4.79 Å². The summed E-state index contributed by atoms with van der Waals surface area (Å²) in [6.45, 7) is 0.465. The van der Waals surface area contributed by atoms with Crippen LogP contribution in [0.1, 0.15) is 18.4 Å². The molecule has 2 rings (SSSR count). The van der Waals surface area contributed by atoms with E-state index in [1.807, 2.05) is 0 Å². The highest BCUT2D eigenvalue weighted by Gasteiger charge is 2.28. The van der Waals surface area contributed by atoms with Crippen LogP contribution in [-0.4, -0.2) is 12.5 Å². The van der Waals surface area contributed by atoms with Gasteiger partial charge in [-0.15, -0.1) is 0 Å². The van der Waals surface area contributed by atoms with Crippen molar-refractivity contribution in [3.8, 4) is 0 Å². The van der Waals surface area contributed by atoms with Crippen LogP contribution in [0.5, 0.6) is 0 Å². The van der Waals surface area contributed by atoms with E-state index in [1.165, 1.54) is 12.1 Å². The third-order valence-corrected chi connectivity index (χ3v) is 2.88. The van der Waals surface area contributed by atoms with Crippen LogP contribution in [-0.2, 0) is 11.2 Å². The lowest BCUT2D eigenvalue weighted by molar-refractivity contribution is -0.122. The molecule has 0 unspecified atom stereocenters. The number of amides is 1. The molecule has 0 aliphatic heterocycles. The molecule has 0 spiro atoms. The molecule has 1 saturated carbocycles. The van der Waals surface area contributed by atoms with Gasteiger partial charge in [0, 0.05) is 17.5 Å². The van der Waals surface area contributed by atoms with Crippen molar-refractivity contribution in [3.63, 3.8) is 0 Å². The molecule has 1 aromatic carbocycles. The van der Waals surface area contributed by atoms with Crippen LogP contribution in [0.4, 0.5) is 4.39 Å². The quantitative estimate of drug-likeness (QED) is 0.863. The summed E-state index contributed by atoms with van der Waals surface area (Å²) in [5.74, 6) is 0.0108. The Hall–Kier alpha value is -1.09. The Balaban J connectivity index is 1.84. The summed E-state index contributed by atoms with van der Waals surface area (Å²) >= 11 is 5.76. The van der Waals surface area contributed by atoms with E-state index in [-0.39, 0.29) is 17.6 Å². The molecule has 16 heavy (non-hydrogen) atoms. The zero-order valence-corrected chi connectivity index (χ0v) is 9.56. The monoisotopic (exact) mass is 241 g/mol. The molecule has 1 N–H and O–H groups in total. The van der Waals surface area contributed by atoms with Crippen molar-refractivity contribution in [3.05, 3.63) is 34.6 Å². The van der Waals surface area contributed by atoms with Gasteiger partial charge < -0.3 is 5.32 Å². The molecule has 1 fully saturated rings. The summed E-state index contributed by atoms with van der Waals surface area (Å²) in [7, 11) is 0. The zero-order chi connectivity index (χ0) is 11.5. The smallest absolute Gasteiger partial charge is 0.223 e. The second kappa shape index (κ2) is 4.83. The first-order chi connectivity index (χ1) is 7.66. The average Bonchev–Trinajstić information content (AvgIpc) is 3.06. The molecule has 1 aliphatic rings. The van der Waals surface area contributed by atoms with Gasteiger partial charge in [0.25, 0.3) is 0 Å². The fourth-order valence-corrected chi connectivity index (χ4v) is 1.74. The molecule has 0 heterocycles. The lowest BCUT2D eigenvalue weighted by Crippen LogP contribution is -2.27. The second-order valence-electron chi connectivity index (χ2n) is 4.05. The van der Waals surface area contributed by atoms with Gasteiger partial charge in [-0.05, 0) is 43.0 Å². The van der Waals surface area contributed by atoms with Gasteiger partial charge in [0.1, 0.15) is 5.82 Å². The lowest BCUT2D eigenvalue weighted by atomic mass is 10.1. The van der Waals surface area contributed by atoms with Crippen molar-refractivity contribution in [1.82, 2.24) is 5.32 Å². The maximum Gasteiger partial charge on any atom is 0.223 e. The van der Waals surface area contributed by atoms with Crippen LogP contribution in [0.2, 0.25) is 5.02 Å². The standard InChI is InChI=1S/C12H13ClFNO/c13-10-3-4-11(14)9(7-10)5-6-15-12(16)8-1-2-8/h3-4,7-8H,1-2,5-6H2,(H,15,16). The lowest BCUT2D eigenvalue weighted by Gasteiger charge is -2.05. The number of carbonyl (C=O) groups excluding carboxylic acids is 1. The predicted molar refractivity (Wildman–Crippen MR) is 60.8 cm³/mol. The molecule has 0 aromatic heterocycles. The van der Waals surface area contributed by atoms with Gasteiger partial charge in [0.05, 0.1) is 0 Å². The summed E-state index contributed by atoms with van der Waals surface area (Å²) < 4.78 is 13.3. The molecular weight excluding hydrogens is 229 g/mol. The van der Waals surface area contributed by atoms with Crippen LogP contribution in [0.3, 0.4) is 0 Å². The minimum absolute atomic E-state index is 0.0856. The van der Waals surface area contributed by atoms with E-state index in [9.17, 15) is 9.18 Å². The molecule has 0 radical (unpaired) electrons. The van der Waals surface area contributed by atoms with Gasteiger partial charge in [-0.25, -0.2) is 4.39 Å². The summed E-state index contributed by atoms with van der Waals surface area (Å²) in [5, 5.41) is 3.31. The first-order valence-electron chi connectivity index (χ1n) is 5.38. The number of hydrogen-bond acceptors (Lipinski definition) is 1. The highest BCUT2D eigenvalue weighted by atomic mass is 35.5. The van der Waals surface area contributed by atoms with E-state index in [2.05, 4.69) is 5.32 Å². The number of halogens is 2. The molecule has 0 atom stereocenters. The van der Waals surface area contributed by atoms with Crippen molar-refractivity contribution in [2.75, 3.05) is 6.54 Å². The summed E-state index contributed by atoms with van der Waals surface area (Å²) in [4.78, 5) is 11.3. The highest BCUT2D eigenvalue weighted by Crippen LogP contribution is 2.28. The van der Waals surface area contributed by atoms with Crippen molar-refractivity contribution in [2.24, 2.45) is 5.92 Å². The van der Waals surface area contributed by atoms with Crippen LogP contribution in [0, 0.1) is 11.7 Å². The molecule has 1 aromatic rings. The molecule has 2 nitrogen and oxygen atoms in total. The van der Waals surface area contributed by atoms with E-state index in [4.69, 9.17) is 11.6 Å². The van der Waals surface area contributed by atoms with Gasteiger partial charge in [0.2, 0.25) is 5.91 Å². The fourth-order valence-electron chi connectivity index (χ4n) is 1.55. The van der Waals surface area contributed by atoms with Gasteiger partial charge in [0.15, 0.2) is 0 Å². The Kier molecular flexibility index (Phi) is 3.44. The van der Waals surface area contributed by atoms with Crippen molar-refractivity contribution in [2.45, 2.75) is 19.3 Å². The highest BCUT2D eigenvalue weighted by molar-refractivity contribution is 6.30. The zero-order valence-electron chi connectivity index (χ0n) is 8.80. The molecular formula is C12H13ClFNO. The van der Waals surface area contributed by atoms with E-state index in [1.54, 1.807) is 6.07 Å². The Morgan fingerprint density at radius 3 is 2.94 bits per heavy atom. The van der Waals surface area contributed by atoms with Crippen LogP contribution >= 0.6 is 11.6 Å². The maximum absolute atomic E-state index is 13.3. The van der Waals surface area contributed by atoms with Gasteiger partial charge >= 0.3 is 0 Å². The topological polar surface area (TPSA) is 29.1 Å². The fraction of sp³-hybridized carbons (Fsp3) is 0.417. The maximum atomic E-state index is 13.3. The summed E-state index contributed by atoms with van der Waals surface area (Å²) in [5.41, 5.74) is 0.545. The largest absolute Gasteiger partial charge is 0.356 e. The van der Waals surface area contributed by atoms with Crippen LogP contribution in [0.25, 0.3) is 0 Å². The van der Waals surface area contributed by atoms with Crippen LogP contribution < -0.4 is 5.32 Å². The molecule has 86 valence electrons. The van der Waals surface area contributed by atoms with Crippen molar-refractivity contribution < 1.29 is 9.18 Å². The summed E-state index contributed by atoms with van der Waals surface area (Å²) in [6, 6.07) is 4.46. The Morgan fingerprint density at radius 2 is 2.25 bits per heavy atom. The number of hydrogen-bond donors (Lipinski definition) is 1. The van der Waals surface area contributed by atoms with Gasteiger partial charge in [-0.2, -0.15) is 0 Å². The average molecular weight is 242 g/mol. The van der Waals surface area contributed by atoms with E-state index >= 15 is 0 Å². The molecule has 1 amide bonds. The molecule has 0 bridgehead atoms. The molecule has 0 saturated heterocycles. The third kappa shape index (κ3) is 2.95. The number of rotatable bonds is 4. The van der Waals surface area contributed by atoms with Gasteiger partial charge in [-0.1, -0.05) is 11.6 Å². The predicted octanol–water partition coefficient (Wildman–Crippen LogP) is 2.55. The van der Waals surface area contributed by atoms with E-state index < -0.39 is 0 Å². The first-order valence-corrected chi connectivity index (χ1v) is 5.76. The van der Waals surface area contributed by atoms with E-state index in [0.717, 1.165) is 12.8 Å². The minimum Gasteiger partial charge on any atom is -0.356 e. The summed E-state index contributed by atoms with van der Waals surface area (Å²) in [6.07, 6.45) is 2.44.